The molecule has 0 radical (unpaired) electrons. The predicted octanol–water partition coefficient (Wildman–Crippen LogP) is 4.11. The van der Waals surface area contributed by atoms with Gasteiger partial charge in [0, 0.05) is 23.4 Å². The molecular formula is C16H26N4O. The minimum atomic E-state index is 0.164. The summed E-state index contributed by atoms with van der Waals surface area (Å²) in [5.74, 6) is 0.629. The lowest BCUT2D eigenvalue weighted by atomic mass is 9.77. The number of aromatic nitrogens is 4. The molecule has 0 aromatic carbocycles. The molecule has 0 amide bonds. The first-order chi connectivity index (χ1) is 10.1. The van der Waals surface area contributed by atoms with Crippen LogP contribution in [0.1, 0.15) is 65.0 Å². The third-order valence-electron chi connectivity index (χ3n) is 4.25. The van der Waals surface area contributed by atoms with E-state index in [0.717, 1.165) is 5.69 Å². The maximum atomic E-state index is 5.12. The zero-order chi connectivity index (χ0) is 15.3. The van der Waals surface area contributed by atoms with E-state index in [4.69, 9.17) is 4.52 Å². The van der Waals surface area contributed by atoms with Gasteiger partial charge in [-0.3, -0.25) is 4.68 Å². The molecular weight excluding hydrogens is 264 g/mol. The van der Waals surface area contributed by atoms with Crippen molar-refractivity contribution in [2.75, 3.05) is 0 Å². The molecule has 0 N–H and O–H groups in total. The van der Waals surface area contributed by atoms with Gasteiger partial charge in [0.25, 0.3) is 0 Å². The topological polar surface area (TPSA) is 56.7 Å². The van der Waals surface area contributed by atoms with Crippen LogP contribution in [0.3, 0.4) is 0 Å². The SMILES string of the molecule is CCCCCC(C)(CCC)c1cc(-c2cnno2)nn1C. The van der Waals surface area contributed by atoms with Crippen molar-refractivity contribution in [3.63, 3.8) is 0 Å². The van der Waals surface area contributed by atoms with Crippen molar-refractivity contribution in [1.29, 1.82) is 0 Å². The Hall–Kier alpha value is -1.65. The maximum absolute atomic E-state index is 5.12. The molecule has 2 heterocycles. The van der Waals surface area contributed by atoms with Crippen LogP contribution in [0, 0.1) is 0 Å². The van der Waals surface area contributed by atoms with Gasteiger partial charge in [-0.2, -0.15) is 5.10 Å². The van der Waals surface area contributed by atoms with E-state index in [0.29, 0.717) is 5.76 Å². The van der Waals surface area contributed by atoms with Crippen LogP contribution in [0.15, 0.2) is 16.8 Å². The normalized spacial score (nSPS) is 14.3. The lowest BCUT2D eigenvalue weighted by Crippen LogP contribution is -2.25. The molecule has 5 nitrogen and oxygen atoms in total. The summed E-state index contributed by atoms with van der Waals surface area (Å²) in [7, 11) is 2.01. The molecule has 2 aromatic heterocycles. The van der Waals surface area contributed by atoms with Gasteiger partial charge >= 0.3 is 0 Å². The molecule has 0 saturated carbocycles. The second-order valence-electron chi connectivity index (χ2n) is 6.09. The van der Waals surface area contributed by atoms with Crippen LogP contribution in [0.2, 0.25) is 0 Å². The summed E-state index contributed by atoms with van der Waals surface area (Å²) in [5, 5.41) is 11.8. The molecule has 1 atom stereocenters. The molecule has 0 spiro atoms. The Morgan fingerprint density at radius 1 is 1.19 bits per heavy atom. The van der Waals surface area contributed by atoms with Crippen molar-refractivity contribution in [3.05, 3.63) is 18.0 Å². The van der Waals surface area contributed by atoms with Gasteiger partial charge in [-0.25, -0.2) is 0 Å². The molecule has 0 fully saturated rings. The number of unbranched alkanes of at least 4 members (excludes halogenated alkanes) is 2. The van der Waals surface area contributed by atoms with Gasteiger partial charge in [-0.15, -0.1) is 5.10 Å². The second kappa shape index (κ2) is 6.87. The van der Waals surface area contributed by atoms with Gasteiger partial charge in [0.1, 0.15) is 11.9 Å². The summed E-state index contributed by atoms with van der Waals surface area (Å²) in [4.78, 5) is 0. The van der Waals surface area contributed by atoms with Crippen molar-refractivity contribution in [3.8, 4) is 11.5 Å². The summed E-state index contributed by atoms with van der Waals surface area (Å²) in [6, 6.07) is 2.13. The Morgan fingerprint density at radius 2 is 2.00 bits per heavy atom. The molecule has 0 saturated heterocycles. The maximum Gasteiger partial charge on any atom is 0.207 e. The van der Waals surface area contributed by atoms with E-state index < -0.39 is 0 Å². The molecule has 1 unspecified atom stereocenters. The van der Waals surface area contributed by atoms with Crippen molar-refractivity contribution in [2.24, 2.45) is 7.05 Å². The third kappa shape index (κ3) is 3.52. The molecule has 21 heavy (non-hydrogen) atoms. The van der Waals surface area contributed by atoms with Crippen molar-refractivity contribution in [2.45, 2.75) is 64.7 Å². The van der Waals surface area contributed by atoms with Crippen molar-refractivity contribution < 1.29 is 4.52 Å². The first kappa shape index (κ1) is 15.7. The van der Waals surface area contributed by atoms with E-state index in [2.05, 4.69) is 42.3 Å². The van der Waals surface area contributed by atoms with E-state index >= 15 is 0 Å². The smallest absolute Gasteiger partial charge is 0.207 e. The molecule has 2 rings (SSSR count). The van der Waals surface area contributed by atoms with E-state index in [1.807, 2.05) is 11.7 Å². The highest BCUT2D eigenvalue weighted by Crippen LogP contribution is 2.36. The fourth-order valence-corrected chi connectivity index (χ4v) is 3.13. The Kier molecular flexibility index (Phi) is 5.15. The average Bonchev–Trinajstić information content (AvgIpc) is 3.08. The quantitative estimate of drug-likeness (QED) is 0.686. The minimum Gasteiger partial charge on any atom is -0.335 e. The van der Waals surface area contributed by atoms with Gasteiger partial charge in [-0.1, -0.05) is 46.5 Å². The van der Waals surface area contributed by atoms with Crippen molar-refractivity contribution >= 4 is 0 Å². The lowest BCUT2D eigenvalue weighted by Gasteiger charge is -2.29. The molecule has 0 aliphatic heterocycles. The van der Waals surface area contributed by atoms with Crippen LogP contribution in [-0.2, 0) is 12.5 Å². The standard InChI is InChI=1S/C16H26N4O/c1-5-7-8-10-16(3,9-6-2)15-11-13(18-20(15)4)14-12-17-19-21-14/h11-12H,5-10H2,1-4H3. The first-order valence-corrected chi connectivity index (χ1v) is 7.93. The molecule has 0 aliphatic carbocycles. The summed E-state index contributed by atoms with van der Waals surface area (Å²) in [6.45, 7) is 6.84. The zero-order valence-corrected chi connectivity index (χ0v) is 13.6. The van der Waals surface area contributed by atoms with Gasteiger partial charge in [0.15, 0.2) is 0 Å². The number of hydrogen-bond donors (Lipinski definition) is 0. The highest BCUT2D eigenvalue weighted by molar-refractivity contribution is 5.51. The summed E-state index contributed by atoms with van der Waals surface area (Å²) in [5.41, 5.74) is 2.25. The highest BCUT2D eigenvalue weighted by Gasteiger charge is 2.29. The van der Waals surface area contributed by atoms with Gasteiger partial charge < -0.3 is 4.52 Å². The minimum absolute atomic E-state index is 0.164. The molecule has 0 aliphatic rings. The Labute approximate surface area is 126 Å². The van der Waals surface area contributed by atoms with Gasteiger partial charge in [-0.05, 0) is 18.9 Å². The first-order valence-electron chi connectivity index (χ1n) is 7.93. The Bertz CT molecular complexity index is 547. The summed E-state index contributed by atoms with van der Waals surface area (Å²) in [6.07, 6.45) is 8.95. The fourth-order valence-electron chi connectivity index (χ4n) is 3.13. The highest BCUT2D eigenvalue weighted by atomic mass is 16.5. The van der Waals surface area contributed by atoms with Crippen LogP contribution < -0.4 is 0 Å². The lowest BCUT2D eigenvalue weighted by molar-refractivity contribution is 0.355. The van der Waals surface area contributed by atoms with E-state index in [1.165, 1.54) is 44.2 Å². The third-order valence-corrected chi connectivity index (χ3v) is 4.25. The average molecular weight is 290 g/mol. The second-order valence-corrected chi connectivity index (χ2v) is 6.09. The van der Waals surface area contributed by atoms with Crippen LogP contribution in [-0.4, -0.2) is 20.2 Å². The summed E-state index contributed by atoms with van der Waals surface area (Å²) < 4.78 is 7.11. The molecule has 2 aromatic rings. The van der Waals surface area contributed by atoms with Crippen LogP contribution in [0.5, 0.6) is 0 Å². The Balaban J connectivity index is 2.27. The van der Waals surface area contributed by atoms with Gasteiger partial charge in [0.05, 0.1) is 0 Å². The van der Waals surface area contributed by atoms with Crippen LogP contribution in [0.25, 0.3) is 11.5 Å². The number of nitrogens with zero attached hydrogens (tertiary/aromatic N) is 4. The fraction of sp³-hybridized carbons (Fsp3) is 0.688. The molecule has 0 bridgehead atoms. The largest absolute Gasteiger partial charge is 0.335 e. The van der Waals surface area contributed by atoms with E-state index in [-0.39, 0.29) is 5.41 Å². The number of hydrogen-bond acceptors (Lipinski definition) is 4. The zero-order valence-electron chi connectivity index (χ0n) is 13.6. The van der Waals surface area contributed by atoms with Crippen LogP contribution >= 0.6 is 0 Å². The number of aryl methyl sites for hydroxylation is 1. The van der Waals surface area contributed by atoms with Gasteiger partial charge in [0.2, 0.25) is 5.76 Å². The monoisotopic (exact) mass is 290 g/mol. The molecule has 116 valence electrons. The Morgan fingerprint density at radius 3 is 2.62 bits per heavy atom. The number of rotatable bonds is 8. The van der Waals surface area contributed by atoms with E-state index in [1.54, 1.807) is 6.20 Å². The van der Waals surface area contributed by atoms with E-state index in [9.17, 15) is 0 Å². The summed E-state index contributed by atoms with van der Waals surface area (Å²) >= 11 is 0. The van der Waals surface area contributed by atoms with Crippen molar-refractivity contribution in [1.82, 2.24) is 20.2 Å². The molecule has 5 heteroatoms. The van der Waals surface area contributed by atoms with Crippen LogP contribution in [0.4, 0.5) is 0 Å². The predicted molar refractivity (Wildman–Crippen MR) is 82.9 cm³/mol.